The first-order valence-electron chi connectivity index (χ1n) is 6.60. The van der Waals surface area contributed by atoms with Gasteiger partial charge in [0.05, 0.1) is 0 Å². The number of unbranched alkanes of at least 4 members (excludes halogenated alkanes) is 3. The number of hydrogen-bond donors (Lipinski definition) is 3. The van der Waals surface area contributed by atoms with Gasteiger partial charge in [-0.1, -0.05) is 26.2 Å². The molecule has 1 aliphatic heterocycles. The number of carbonyl (C=O) groups is 3. The summed E-state index contributed by atoms with van der Waals surface area (Å²) in [6.07, 6.45) is 4.11. The van der Waals surface area contributed by atoms with Crippen molar-refractivity contribution in [2.45, 2.75) is 38.6 Å². The van der Waals surface area contributed by atoms with Crippen molar-refractivity contribution >= 4 is 17.9 Å². The number of urea groups is 1. The first kappa shape index (κ1) is 15.3. The standard InChI is InChI=1S/C12H21N3O4/c1-2-3-4-5-6-13-12(19)15-8-10(16)14-7-9(15)11(17)18/h9H,2-8H2,1H3,(H,13,19)(H,14,16)(H,17,18). The van der Waals surface area contributed by atoms with Crippen molar-refractivity contribution in [2.24, 2.45) is 0 Å². The molecule has 3 amide bonds. The maximum Gasteiger partial charge on any atom is 0.328 e. The van der Waals surface area contributed by atoms with Gasteiger partial charge in [-0.25, -0.2) is 9.59 Å². The fourth-order valence-corrected chi connectivity index (χ4v) is 1.92. The summed E-state index contributed by atoms with van der Waals surface area (Å²) in [6.45, 7) is 2.35. The highest BCUT2D eigenvalue weighted by Crippen LogP contribution is 2.05. The molecular formula is C12H21N3O4. The van der Waals surface area contributed by atoms with E-state index in [1.165, 1.54) is 0 Å². The molecule has 1 fully saturated rings. The van der Waals surface area contributed by atoms with Crippen molar-refractivity contribution in [2.75, 3.05) is 19.6 Å². The number of amides is 3. The van der Waals surface area contributed by atoms with Crippen molar-refractivity contribution in [1.82, 2.24) is 15.5 Å². The second-order valence-corrected chi connectivity index (χ2v) is 4.58. The number of aliphatic carboxylic acids is 1. The van der Waals surface area contributed by atoms with Crippen LogP contribution in [0, 0.1) is 0 Å². The van der Waals surface area contributed by atoms with Crippen molar-refractivity contribution in [3.05, 3.63) is 0 Å². The summed E-state index contributed by atoms with van der Waals surface area (Å²) in [6, 6.07) is -1.48. The van der Waals surface area contributed by atoms with Crippen LogP contribution in [0.25, 0.3) is 0 Å². The molecule has 1 saturated heterocycles. The first-order chi connectivity index (χ1) is 9.06. The predicted molar refractivity (Wildman–Crippen MR) is 68.7 cm³/mol. The van der Waals surface area contributed by atoms with Crippen molar-refractivity contribution in [3.8, 4) is 0 Å². The Morgan fingerprint density at radius 3 is 2.79 bits per heavy atom. The van der Waals surface area contributed by atoms with E-state index in [0.717, 1.165) is 30.6 Å². The van der Waals surface area contributed by atoms with Gasteiger partial charge in [-0.3, -0.25) is 9.69 Å². The lowest BCUT2D eigenvalue weighted by molar-refractivity contribution is -0.144. The van der Waals surface area contributed by atoms with Gasteiger partial charge in [0.15, 0.2) is 0 Å². The van der Waals surface area contributed by atoms with E-state index in [4.69, 9.17) is 5.11 Å². The number of carboxylic acids is 1. The molecule has 0 aliphatic carbocycles. The third-order valence-corrected chi connectivity index (χ3v) is 3.04. The summed E-state index contributed by atoms with van der Waals surface area (Å²) in [5.74, 6) is -1.44. The second kappa shape index (κ2) is 7.60. The fraction of sp³-hybridized carbons (Fsp3) is 0.750. The average molecular weight is 271 g/mol. The minimum absolute atomic E-state index is 0.0442. The highest BCUT2D eigenvalue weighted by Gasteiger charge is 2.34. The number of piperazine rings is 1. The number of carboxylic acid groups (broad SMARTS) is 1. The molecule has 0 aromatic rings. The molecule has 1 unspecified atom stereocenters. The summed E-state index contributed by atoms with van der Waals surface area (Å²) in [7, 11) is 0. The number of carbonyl (C=O) groups excluding carboxylic acids is 2. The van der Waals surface area contributed by atoms with Gasteiger partial charge >= 0.3 is 12.0 Å². The minimum atomic E-state index is -1.11. The van der Waals surface area contributed by atoms with E-state index in [1.807, 2.05) is 0 Å². The molecular weight excluding hydrogens is 250 g/mol. The number of nitrogens with zero attached hydrogens (tertiary/aromatic N) is 1. The molecule has 7 heteroatoms. The predicted octanol–water partition coefficient (Wildman–Crippen LogP) is 0.161. The molecule has 0 aromatic heterocycles. The smallest absolute Gasteiger partial charge is 0.328 e. The van der Waals surface area contributed by atoms with Crippen molar-refractivity contribution in [3.63, 3.8) is 0 Å². The number of nitrogens with one attached hydrogen (secondary N) is 2. The third-order valence-electron chi connectivity index (χ3n) is 3.04. The van der Waals surface area contributed by atoms with E-state index in [1.54, 1.807) is 0 Å². The largest absolute Gasteiger partial charge is 0.480 e. The molecule has 1 heterocycles. The molecule has 1 atom stereocenters. The lowest BCUT2D eigenvalue weighted by Crippen LogP contribution is -2.61. The molecule has 108 valence electrons. The lowest BCUT2D eigenvalue weighted by Gasteiger charge is -2.32. The maximum absolute atomic E-state index is 11.9. The topological polar surface area (TPSA) is 98.7 Å². The zero-order valence-electron chi connectivity index (χ0n) is 11.1. The van der Waals surface area contributed by atoms with E-state index < -0.39 is 18.0 Å². The Hall–Kier alpha value is -1.79. The Morgan fingerprint density at radius 1 is 1.42 bits per heavy atom. The molecule has 0 saturated carbocycles. The monoisotopic (exact) mass is 271 g/mol. The molecule has 3 N–H and O–H groups in total. The van der Waals surface area contributed by atoms with Crippen LogP contribution in [0.3, 0.4) is 0 Å². The molecule has 0 spiro atoms. The molecule has 0 bridgehead atoms. The number of hydrogen-bond acceptors (Lipinski definition) is 3. The van der Waals surface area contributed by atoms with Gasteiger partial charge in [0.1, 0.15) is 12.6 Å². The highest BCUT2D eigenvalue weighted by molar-refractivity contribution is 5.90. The van der Waals surface area contributed by atoms with Crippen LogP contribution in [0.4, 0.5) is 4.79 Å². The minimum Gasteiger partial charge on any atom is -0.480 e. The van der Waals surface area contributed by atoms with Crippen LogP contribution in [0.1, 0.15) is 32.6 Å². The fourth-order valence-electron chi connectivity index (χ4n) is 1.92. The molecule has 19 heavy (non-hydrogen) atoms. The van der Waals surface area contributed by atoms with Crippen LogP contribution in [0.15, 0.2) is 0 Å². The number of rotatable bonds is 6. The van der Waals surface area contributed by atoms with Crippen LogP contribution in [0.5, 0.6) is 0 Å². The molecule has 1 rings (SSSR count). The zero-order valence-corrected chi connectivity index (χ0v) is 11.1. The van der Waals surface area contributed by atoms with Gasteiger partial charge in [0.2, 0.25) is 5.91 Å². The van der Waals surface area contributed by atoms with E-state index >= 15 is 0 Å². The Kier molecular flexibility index (Phi) is 6.11. The second-order valence-electron chi connectivity index (χ2n) is 4.58. The lowest BCUT2D eigenvalue weighted by atomic mass is 10.2. The van der Waals surface area contributed by atoms with Crippen molar-refractivity contribution < 1.29 is 19.5 Å². The molecule has 0 radical (unpaired) electrons. The summed E-state index contributed by atoms with van der Waals surface area (Å²) >= 11 is 0. The summed E-state index contributed by atoms with van der Waals surface area (Å²) in [4.78, 5) is 35.2. The zero-order chi connectivity index (χ0) is 14.3. The third kappa shape index (κ3) is 4.76. The van der Waals surface area contributed by atoms with E-state index in [-0.39, 0.29) is 19.0 Å². The summed E-state index contributed by atoms with van der Waals surface area (Å²) < 4.78 is 0. The average Bonchev–Trinajstić information content (AvgIpc) is 2.37. The van der Waals surface area contributed by atoms with Gasteiger partial charge in [0, 0.05) is 13.1 Å². The molecule has 0 aromatic carbocycles. The quantitative estimate of drug-likeness (QED) is 0.599. The molecule has 7 nitrogen and oxygen atoms in total. The normalized spacial score (nSPS) is 18.9. The van der Waals surface area contributed by atoms with Gasteiger partial charge in [0.25, 0.3) is 0 Å². The highest BCUT2D eigenvalue weighted by atomic mass is 16.4. The van der Waals surface area contributed by atoms with Crippen LogP contribution >= 0.6 is 0 Å². The van der Waals surface area contributed by atoms with Gasteiger partial charge in [-0.05, 0) is 6.42 Å². The summed E-state index contributed by atoms with van der Waals surface area (Å²) in [5.41, 5.74) is 0. The van der Waals surface area contributed by atoms with Crippen LogP contribution in [-0.4, -0.2) is 53.6 Å². The summed E-state index contributed by atoms with van der Waals surface area (Å²) in [5, 5.41) is 14.1. The van der Waals surface area contributed by atoms with Crippen LogP contribution in [-0.2, 0) is 9.59 Å². The Morgan fingerprint density at radius 2 is 2.16 bits per heavy atom. The van der Waals surface area contributed by atoms with E-state index in [2.05, 4.69) is 17.6 Å². The van der Waals surface area contributed by atoms with Crippen LogP contribution < -0.4 is 10.6 Å². The van der Waals surface area contributed by atoms with Crippen LogP contribution in [0.2, 0.25) is 0 Å². The first-order valence-corrected chi connectivity index (χ1v) is 6.60. The maximum atomic E-state index is 11.9. The van der Waals surface area contributed by atoms with E-state index in [0.29, 0.717) is 6.54 Å². The molecule has 1 aliphatic rings. The Bertz CT molecular complexity index is 346. The SMILES string of the molecule is CCCCCCNC(=O)N1CC(=O)NCC1C(=O)O. The Labute approximate surface area is 112 Å². The van der Waals surface area contributed by atoms with Gasteiger partial charge < -0.3 is 15.7 Å². The van der Waals surface area contributed by atoms with Gasteiger partial charge in [-0.15, -0.1) is 0 Å². The van der Waals surface area contributed by atoms with Crippen molar-refractivity contribution in [1.29, 1.82) is 0 Å². The van der Waals surface area contributed by atoms with E-state index in [9.17, 15) is 14.4 Å². The Balaban J connectivity index is 2.42. The van der Waals surface area contributed by atoms with Gasteiger partial charge in [-0.2, -0.15) is 0 Å².